The normalized spacial score (nSPS) is 9.87. The second-order valence-electron chi connectivity index (χ2n) is 3.27. The van der Waals surface area contributed by atoms with Gasteiger partial charge >= 0.3 is 0 Å². The van der Waals surface area contributed by atoms with Gasteiger partial charge in [-0.1, -0.05) is 24.3 Å². The van der Waals surface area contributed by atoms with Crippen LogP contribution in [0.15, 0.2) is 67.5 Å². The van der Waals surface area contributed by atoms with E-state index >= 15 is 0 Å². The maximum absolute atomic E-state index is 3.78. The molecular weight excluding hydrogens is 184 g/mol. The van der Waals surface area contributed by atoms with Gasteiger partial charge in [-0.05, 0) is 24.3 Å². The average Bonchev–Trinajstić information content (AvgIpc) is 2.80. The molecule has 0 bridgehead atoms. The summed E-state index contributed by atoms with van der Waals surface area (Å²) >= 11 is 0. The van der Waals surface area contributed by atoms with Crippen molar-refractivity contribution >= 4 is 5.69 Å². The lowest BCUT2D eigenvalue weighted by atomic mass is 10.3. The average molecular weight is 198 g/mol. The molecule has 2 aromatic rings. The molecule has 1 aromatic heterocycles. The van der Waals surface area contributed by atoms with Crippen molar-refractivity contribution in [2.24, 2.45) is 0 Å². The highest BCUT2D eigenvalue weighted by Gasteiger charge is 2.03. The molecule has 0 atom stereocenters. The molecule has 0 radical (unpaired) electrons. The fourth-order valence-electron chi connectivity index (χ4n) is 1.54. The first-order chi connectivity index (χ1) is 7.42. The lowest BCUT2D eigenvalue weighted by Crippen LogP contribution is -2.28. The quantitative estimate of drug-likeness (QED) is 0.686. The second-order valence-corrected chi connectivity index (χ2v) is 3.27. The minimum Gasteiger partial charge on any atom is -0.278 e. The third-order valence-electron chi connectivity index (χ3n) is 2.22. The largest absolute Gasteiger partial charge is 0.278 e. The van der Waals surface area contributed by atoms with E-state index in [1.165, 1.54) is 0 Å². The van der Waals surface area contributed by atoms with Gasteiger partial charge in [-0.15, -0.1) is 6.58 Å². The third kappa shape index (κ3) is 2.10. The molecule has 0 aliphatic rings. The van der Waals surface area contributed by atoms with Crippen LogP contribution in [-0.4, -0.2) is 11.2 Å². The molecule has 76 valence electrons. The maximum atomic E-state index is 3.78. The van der Waals surface area contributed by atoms with E-state index in [4.69, 9.17) is 0 Å². The van der Waals surface area contributed by atoms with Crippen molar-refractivity contribution in [2.45, 2.75) is 0 Å². The lowest BCUT2D eigenvalue weighted by Gasteiger charge is -2.24. The van der Waals surface area contributed by atoms with E-state index in [1.54, 1.807) is 0 Å². The van der Waals surface area contributed by atoms with Gasteiger partial charge in [0.05, 0.1) is 12.2 Å². The molecular formula is C13H14N2. The number of benzene rings is 1. The van der Waals surface area contributed by atoms with E-state index in [2.05, 4.69) is 28.4 Å². The van der Waals surface area contributed by atoms with Crippen molar-refractivity contribution in [1.82, 2.24) is 4.68 Å². The molecule has 0 spiro atoms. The first-order valence-electron chi connectivity index (χ1n) is 4.98. The van der Waals surface area contributed by atoms with Gasteiger partial charge in [0.25, 0.3) is 0 Å². The molecule has 0 unspecified atom stereocenters. The minimum atomic E-state index is 0.790. The van der Waals surface area contributed by atoms with Crippen LogP contribution < -0.4 is 5.01 Å². The van der Waals surface area contributed by atoms with Crippen molar-refractivity contribution in [3.05, 3.63) is 67.5 Å². The minimum absolute atomic E-state index is 0.790. The first-order valence-corrected chi connectivity index (χ1v) is 4.98. The molecule has 0 N–H and O–H groups in total. The van der Waals surface area contributed by atoms with Gasteiger partial charge in [-0.25, -0.2) is 0 Å². The van der Waals surface area contributed by atoms with Crippen molar-refractivity contribution in [3.8, 4) is 0 Å². The molecule has 0 fully saturated rings. The highest BCUT2D eigenvalue weighted by molar-refractivity contribution is 5.46. The van der Waals surface area contributed by atoms with Crippen LogP contribution in [0, 0.1) is 0 Å². The van der Waals surface area contributed by atoms with Crippen LogP contribution in [-0.2, 0) is 0 Å². The molecule has 1 heterocycles. The number of nitrogens with zero attached hydrogens (tertiary/aromatic N) is 2. The van der Waals surface area contributed by atoms with Gasteiger partial charge in [-0.3, -0.25) is 9.69 Å². The second kappa shape index (κ2) is 4.51. The van der Waals surface area contributed by atoms with Crippen LogP contribution in [0.2, 0.25) is 0 Å². The number of anilines is 1. The Balaban J connectivity index is 2.32. The summed E-state index contributed by atoms with van der Waals surface area (Å²) in [6.07, 6.45) is 5.94. The summed E-state index contributed by atoms with van der Waals surface area (Å²) in [5, 5.41) is 2.15. The molecule has 0 aliphatic carbocycles. The smallest absolute Gasteiger partial charge is 0.0581 e. The summed E-state index contributed by atoms with van der Waals surface area (Å²) in [5.41, 5.74) is 1.16. The zero-order chi connectivity index (χ0) is 10.5. The van der Waals surface area contributed by atoms with Crippen molar-refractivity contribution in [2.75, 3.05) is 11.6 Å². The van der Waals surface area contributed by atoms with Crippen LogP contribution in [0.1, 0.15) is 0 Å². The van der Waals surface area contributed by atoms with Gasteiger partial charge in [0.2, 0.25) is 0 Å². The van der Waals surface area contributed by atoms with Crippen LogP contribution in [0.5, 0.6) is 0 Å². The summed E-state index contributed by atoms with van der Waals surface area (Å²) in [5.74, 6) is 0. The Labute approximate surface area is 90.0 Å². The molecule has 2 nitrogen and oxygen atoms in total. The molecule has 0 saturated carbocycles. The highest BCUT2D eigenvalue weighted by atomic mass is 15.5. The van der Waals surface area contributed by atoms with Crippen LogP contribution in [0.25, 0.3) is 0 Å². The Morgan fingerprint density at radius 3 is 2.33 bits per heavy atom. The predicted molar refractivity (Wildman–Crippen MR) is 63.8 cm³/mol. The Morgan fingerprint density at radius 2 is 1.73 bits per heavy atom. The maximum Gasteiger partial charge on any atom is 0.0581 e. The van der Waals surface area contributed by atoms with E-state index < -0.39 is 0 Å². The molecule has 2 rings (SSSR count). The molecule has 0 amide bonds. The van der Waals surface area contributed by atoms with Crippen LogP contribution >= 0.6 is 0 Å². The third-order valence-corrected chi connectivity index (χ3v) is 2.22. The van der Waals surface area contributed by atoms with Crippen molar-refractivity contribution in [1.29, 1.82) is 0 Å². The molecule has 1 aromatic carbocycles. The van der Waals surface area contributed by atoms with Gasteiger partial charge in [0.1, 0.15) is 0 Å². The monoisotopic (exact) mass is 198 g/mol. The number of hydrogen-bond donors (Lipinski definition) is 0. The number of para-hydroxylation sites is 1. The van der Waals surface area contributed by atoms with E-state index in [0.717, 1.165) is 12.2 Å². The van der Waals surface area contributed by atoms with Gasteiger partial charge < -0.3 is 0 Å². The Hall–Kier alpha value is -1.96. The van der Waals surface area contributed by atoms with E-state index in [0.29, 0.717) is 0 Å². The van der Waals surface area contributed by atoms with Crippen LogP contribution in [0.3, 0.4) is 0 Å². The van der Waals surface area contributed by atoms with Gasteiger partial charge in [0, 0.05) is 12.4 Å². The van der Waals surface area contributed by atoms with Crippen molar-refractivity contribution < 1.29 is 0 Å². The Morgan fingerprint density at radius 1 is 1.07 bits per heavy atom. The summed E-state index contributed by atoms with van der Waals surface area (Å²) in [4.78, 5) is 0. The molecule has 0 saturated heterocycles. The first kappa shape index (κ1) is 9.59. The highest BCUT2D eigenvalue weighted by Crippen LogP contribution is 2.14. The number of rotatable bonds is 4. The lowest BCUT2D eigenvalue weighted by molar-refractivity contribution is 0.742. The summed E-state index contributed by atoms with van der Waals surface area (Å²) < 4.78 is 2.05. The number of hydrogen-bond acceptors (Lipinski definition) is 1. The zero-order valence-electron chi connectivity index (χ0n) is 8.58. The fraction of sp³-hybridized carbons (Fsp3) is 0.0769. The van der Waals surface area contributed by atoms with Gasteiger partial charge in [-0.2, -0.15) is 0 Å². The summed E-state index contributed by atoms with van der Waals surface area (Å²) in [7, 11) is 0. The molecule has 15 heavy (non-hydrogen) atoms. The Kier molecular flexibility index (Phi) is 2.88. The topological polar surface area (TPSA) is 8.17 Å². The van der Waals surface area contributed by atoms with Crippen molar-refractivity contribution in [3.63, 3.8) is 0 Å². The van der Waals surface area contributed by atoms with E-state index in [-0.39, 0.29) is 0 Å². The van der Waals surface area contributed by atoms with Crippen LogP contribution in [0.4, 0.5) is 5.69 Å². The summed E-state index contributed by atoms with van der Waals surface area (Å²) in [6.45, 7) is 4.57. The fourth-order valence-corrected chi connectivity index (χ4v) is 1.54. The van der Waals surface area contributed by atoms with Gasteiger partial charge in [0.15, 0.2) is 0 Å². The summed E-state index contributed by atoms with van der Waals surface area (Å²) in [6, 6.07) is 14.3. The SMILES string of the molecule is C=CCN(c1ccccc1)n1cccc1. The molecule has 0 aliphatic heterocycles. The predicted octanol–water partition coefficient (Wildman–Crippen LogP) is 2.94. The van der Waals surface area contributed by atoms with E-state index in [1.807, 2.05) is 48.8 Å². The zero-order valence-corrected chi connectivity index (χ0v) is 8.58. The van der Waals surface area contributed by atoms with E-state index in [9.17, 15) is 0 Å². The number of aromatic nitrogens is 1. The Bertz CT molecular complexity index is 403. The standard InChI is InChI=1S/C13H14N2/c1-2-10-15(14-11-6-7-12-14)13-8-4-3-5-9-13/h2-9,11-12H,1,10H2. The molecule has 2 heteroatoms.